The van der Waals surface area contributed by atoms with Gasteiger partial charge >= 0.3 is 5.97 Å². The van der Waals surface area contributed by atoms with Gasteiger partial charge in [-0.1, -0.05) is 0 Å². The topological polar surface area (TPSA) is 68.6 Å². The van der Waals surface area contributed by atoms with Gasteiger partial charge in [0.15, 0.2) is 0 Å². The first kappa shape index (κ1) is 15.4. The quantitative estimate of drug-likeness (QED) is 0.629. The van der Waals surface area contributed by atoms with Gasteiger partial charge in [-0.15, -0.1) is 0 Å². The maximum Gasteiger partial charge on any atom is 0.326 e. The number of carbonyl (C=O) groups is 3. The first-order chi connectivity index (χ1) is 9.88. The minimum atomic E-state index is -0.590. The molecule has 0 spiro atoms. The second-order valence-electron chi connectivity index (χ2n) is 4.85. The third kappa shape index (κ3) is 3.55. The van der Waals surface area contributed by atoms with Crippen LogP contribution in [0.25, 0.3) is 6.08 Å². The summed E-state index contributed by atoms with van der Waals surface area (Å²) in [6.07, 6.45) is 3.20. The molecule has 0 saturated carbocycles. The van der Waals surface area contributed by atoms with Crippen molar-refractivity contribution in [1.82, 2.24) is 9.47 Å². The van der Waals surface area contributed by atoms with Crippen LogP contribution in [0.15, 0.2) is 23.2 Å². The van der Waals surface area contributed by atoms with Gasteiger partial charge in [-0.3, -0.25) is 19.3 Å². The van der Waals surface area contributed by atoms with Gasteiger partial charge in [0.05, 0.1) is 11.0 Å². The number of hydrogen-bond acceptors (Lipinski definition) is 5. The number of imide groups is 1. The van der Waals surface area contributed by atoms with Gasteiger partial charge in [0.1, 0.15) is 6.54 Å². The normalized spacial score (nSPS) is 17.1. The fourth-order valence-electron chi connectivity index (χ4n) is 1.82. The van der Waals surface area contributed by atoms with Crippen LogP contribution in [0.2, 0.25) is 0 Å². The Morgan fingerprint density at radius 1 is 1.43 bits per heavy atom. The van der Waals surface area contributed by atoms with Crippen molar-refractivity contribution in [3.05, 3.63) is 28.9 Å². The molecule has 0 bridgehead atoms. The van der Waals surface area contributed by atoms with E-state index in [2.05, 4.69) is 0 Å². The smallest absolute Gasteiger partial charge is 0.326 e. The van der Waals surface area contributed by atoms with E-state index in [-0.39, 0.29) is 12.6 Å². The van der Waals surface area contributed by atoms with E-state index >= 15 is 0 Å². The van der Waals surface area contributed by atoms with Crippen molar-refractivity contribution in [2.45, 2.75) is 20.0 Å². The molecular formula is C14H16N2O4S. The Morgan fingerprint density at radius 3 is 2.71 bits per heavy atom. The lowest BCUT2D eigenvalue weighted by Crippen LogP contribution is -2.35. The zero-order chi connectivity index (χ0) is 15.6. The molecule has 0 aliphatic carbocycles. The summed E-state index contributed by atoms with van der Waals surface area (Å²) in [5.74, 6) is -1.06. The largest absolute Gasteiger partial charge is 0.462 e. The molecule has 6 nitrogen and oxygen atoms in total. The van der Waals surface area contributed by atoms with E-state index in [0.29, 0.717) is 4.91 Å². The Bertz CT molecular complexity index is 618. The number of hydrogen-bond donors (Lipinski definition) is 0. The number of carbonyl (C=O) groups excluding carboxylic acids is 3. The van der Waals surface area contributed by atoms with Crippen molar-refractivity contribution in [3.63, 3.8) is 0 Å². The zero-order valence-corrected chi connectivity index (χ0v) is 12.8. The molecule has 1 aromatic rings. The highest BCUT2D eigenvalue weighted by Gasteiger charge is 2.36. The minimum absolute atomic E-state index is 0.281. The molecule has 1 aliphatic heterocycles. The SMILES string of the molecule is CC(C)OC(=O)CN1C(=O)S/C(=C/c2cccn2C)C1=O. The van der Waals surface area contributed by atoms with Crippen LogP contribution in [-0.2, 0) is 21.4 Å². The van der Waals surface area contributed by atoms with Crippen molar-refractivity contribution in [2.75, 3.05) is 6.54 Å². The van der Waals surface area contributed by atoms with Gasteiger partial charge in [-0.2, -0.15) is 0 Å². The summed E-state index contributed by atoms with van der Waals surface area (Å²) < 4.78 is 6.79. The van der Waals surface area contributed by atoms with Crippen LogP contribution in [-0.4, -0.2) is 39.2 Å². The number of thioether (sulfide) groups is 1. The van der Waals surface area contributed by atoms with Crippen LogP contribution in [0.5, 0.6) is 0 Å². The van der Waals surface area contributed by atoms with Crippen LogP contribution in [0.4, 0.5) is 4.79 Å². The number of esters is 1. The van der Waals surface area contributed by atoms with Gasteiger partial charge < -0.3 is 9.30 Å². The molecule has 0 atom stereocenters. The molecule has 21 heavy (non-hydrogen) atoms. The van der Waals surface area contributed by atoms with Gasteiger partial charge in [0.2, 0.25) is 0 Å². The molecular weight excluding hydrogens is 292 g/mol. The van der Waals surface area contributed by atoms with Gasteiger partial charge in [-0.05, 0) is 43.8 Å². The van der Waals surface area contributed by atoms with Crippen molar-refractivity contribution in [2.24, 2.45) is 7.05 Å². The third-order valence-electron chi connectivity index (χ3n) is 2.79. The fourth-order valence-corrected chi connectivity index (χ4v) is 2.65. The van der Waals surface area contributed by atoms with Gasteiger partial charge in [-0.25, -0.2) is 0 Å². The van der Waals surface area contributed by atoms with Crippen molar-refractivity contribution < 1.29 is 19.1 Å². The molecule has 2 amide bonds. The van der Waals surface area contributed by atoms with Crippen LogP contribution in [0.1, 0.15) is 19.5 Å². The number of aryl methyl sites for hydroxylation is 1. The first-order valence-corrected chi connectivity index (χ1v) is 7.26. The van der Waals surface area contributed by atoms with Crippen molar-refractivity contribution >= 4 is 35.0 Å². The summed E-state index contributed by atoms with van der Waals surface area (Å²) in [6.45, 7) is 3.06. The second-order valence-corrected chi connectivity index (χ2v) is 5.84. The molecule has 0 aromatic carbocycles. The average Bonchev–Trinajstić information content (AvgIpc) is 2.88. The lowest BCUT2D eigenvalue weighted by Gasteiger charge is -2.13. The van der Waals surface area contributed by atoms with E-state index in [1.807, 2.05) is 29.9 Å². The highest BCUT2D eigenvalue weighted by molar-refractivity contribution is 8.18. The fraction of sp³-hybridized carbons (Fsp3) is 0.357. The monoisotopic (exact) mass is 308 g/mol. The predicted octanol–water partition coefficient (Wildman–Crippen LogP) is 2.01. The average molecular weight is 308 g/mol. The highest BCUT2D eigenvalue weighted by atomic mass is 32.2. The van der Waals surface area contributed by atoms with E-state index in [1.165, 1.54) is 0 Å². The maximum absolute atomic E-state index is 12.2. The minimum Gasteiger partial charge on any atom is -0.462 e. The van der Waals surface area contributed by atoms with Crippen molar-refractivity contribution in [1.29, 1.82) is 0 Å². The Kier molecular flexibility index (Phi) is 4.52. The van der Waals surface area contributed by atoms with Gasteiger partial charge in [0.25, 0.3) is 11.1 Å². The van der Waals surface area contributed by atoms with Crippen molar-refractivity contribution in [3.8, 4) is 0 Å². The third-order valence-corrected chi connectivity index (χ3v) is 3.70. The summed E-state index contributed by atoms with van der Waals surface area (Å²) >= 11 is 0.827. The number of amides is 2. The lowest BCUT2D eigenvalue weighted by molar-refractivity contribution is -0.149. The molecule has 2 heterocycles. The molecule has 112 valence electrons. The Balaban J connectivity index is 2.12. The summed E-state index contributed by atoms with van der Waals surface area (Å²) in [5, 5.41) is -0.457. The predicted molar refractivity (Wildman–Crippen MR) is 79.3 cm³/mol. The number of aromatic nitrogens is 1. The van der Waals surface area contributed by atoms with Crippen LogP contribution in [0, 0.1) is 0 Å². The lowest BCUT2D eigenvalue weighted by atomic mass is 10.3. The van der Waals surface area contributed by atoms with E-state index in [0.717, 1.165) is 22.4 Å². The Hall–Kier alpha value is -2.02. The standard InChI is InChI=1S/C14H16N2O4S/c1-9(2)20-12(17)8-16-13(18)11(21-14(16)19)7-10-5-4-6-15(10)3/h4-7,9H,8H2,1-3H3/b11-7+. The molecule has 7 heteroatoms. The summed E-state index contributed by atoms with van der Waals surface area (Å²) in [6, 6.07) is 3.68. The second kappa shape index (κ2) is 6.17. The molecule has 1 fully saturated rings. The first-order valence-electron chi connectivity index (χ1n) is 6.44. The Labute approximate surface area is 126 Å². The molecule has 1 aromatic heterocycles. The molecule has 0 N–H and O–H groups in total. The highest BCUT2D eigenvalue weighted by Crippen LogP contribution is 2.32. The van der Waals surface area contributed by atoms with Crippen LogP contribution < -0.4 is 0 Å². The number of nitrogens with zero attached hydrogens (tertiary/aromatic N) is 2. The number of ether oxygens (including phenoxy) is 1. The van der Waals surface area contributed by atoms with E-state index in [1.54, 1.807) is 19.9 Å². The van der Waals surface area contributed by atoms with E-state index < -0.39 is 17.1 Å². The summed E-state index contributed by atoms with van der Waals surface area (Å²) in [4.78, 5) is 36.8. The van der Waals surface area contributed by atoms with Crippen LogP contribution >= 0.6 is 11.8 Å². The molecule has 2 rings (SSSR count). The molecule has 1 aliphatic rings. The molecule has 0 unspecified atom stereocenters. The Morgan fingerprint density at radius 2 is 2.14 bits per heavy atom. The van der Waals surface area contributed by atoms with E-state index in [9.17, 15) is 14.4 Å². The zero-order valence-electron chi connectivity index (χ0n) is 12.0. The summed E-state index contributed by atoms with van der Waals surface area (Å²) in [5.41, 5.74) is 0.810. The number of rotatable bonds is 4. The maximum atomic E-state index is 12.2. The van der Waals surface area contributed by atoms with Gasteiger partial charge in [0, 0.05) is 18.9 Å². The van der Waals surface area contributed by atoms with E-state index in [4.69, 9.17) is 4.74 Å². The molecule has 0 radical (unpaired) electrons. The summed E-state index contributed by atoms with van der Waals surface area (Å²) in [7, 11) is 1.84. The van der Waals surface area contributed by atoms with Crippen LogP contribution in [0.3, 0.4) is 0 Å². The molecule has 1 saturated heterocycles.